The Balaban J connectivity index is 1.72. The number of carbonyl (C=O) groups is 1. The lowest BCUT2D eigenvalue weighted by atomic mass is 9.89. The number of nitrogens with one attached hydrogen (secondary N) is 1. The van der Waals surface area contributed by atoms with Gasteiger partial charge in [-0.2, -0.15) is 9.41 Å². The number of rotatable bonds is 4. The molecule has 0 radical (unpaired) electrons. The van der Waals surface area contributed by atoms with Crippen LogP contribution in [0.4, 0.5) is 0 Å². The van der Waals surface area contributed by atoms with Gasteiger partial charge in [-0.15, -0.1) is 0 Å². The van der Waals surface area contributed by atoms with E-state index in [2.05, 4.69) is 17.5 Å². The molecule has 0 bridgehead atoms. The minimum absolute atomic E-state index is 0.168. The van der Waals surface area contributed by atoms with Crippen molar-refractivity contribution in [1.29, 1.82) is 0 Å². The first kappa shape index (κ1) is 18.1. The lowest BCUT2D eigenvalue weighted by molar-refractivity contribution is 0.0954. The van der Waals surface area contributed by atoms with Crippen molar-refractivity contribution in [2.75, 3.05) is 13.1 Å². The summed E-state index contributed by atoms with van der Waals surface area (Å²) in [5.74, 6) is 0.225. The summed E-state index contributed by atoms with van der Waals surface area (Å²) in [6, 6.07) is 6.20. The number of hydrogen-bond acceptors (Lipinski definition) is 4. The summed E-state index contributed by atoms with van der Waals surface area (Å²) in [5.41, 5.74) is 3.90. The molecule has 6 nitrogen and oxygen atoms in total. The second kappa shape index (κ2) is 7.66. The second-order valence-corrected chi connectivity index (χ2v) is 8.90. The summed E-state index contributed by atoms with van der Waals surface area (Å²) in [7, 11) is -3.52. The van der Waals surface area contributed by atoms with Gasteiger partial charge in [-0.1, -0.05) is 13.0 Å². The molecule has 1 aliphatic heterocycles. The number of hydrazone groups is 1. The van der Waals surface area contributed by atoms with Crippen LogP contribution in [0.2, 0.25) is 0 Å². The third-order valence-corrected chi connectivity index (χ3v) is 6.76. The Hall–Kier alpha value is -1.73. The molecule has 1 unspecified atom stereocenters. The van der Waals surface area contributed by atoms with Crippen LogP contribution in [-0.4, -0.2) is 37.4 Å². The van der Waals surface area contributed by atoms with Crippen molar-refractivity contribution in [1.82, 2.24) is 9.73 Å². The average Bonchev–Trinajstić information content (AvgIpc) is 3.15. The molecule has 3 rings (SSSR count). The highest BCUT2D eigenvalue weighted by Gasteiger charge is 2.27. The van der Waals surface area contributed by atoms with Crippen LogP contribution in [0, 0.1) is 5.92 Å². The van der Waals surface area contributed by atoms with Gasteiger partial charge in [0.15, 0.2) is 0 Å². The molecule has 2 fully saturated rings. The van der Waals surface area contributed by atoms with Crippen LogP contribution in [0.5, 0.6) is 0 Å². The largest absolute Gasteiger partial charge is 0.271 e. The van der Waals surface area contributed by atoms with Crippen LogP contribution in [0.3, 0.4) is 0 Å². The third kappa shape index (κ3) is 4.27. The van der Waals surface area contributed by atoms with Gasteiger partial charge >= 0.3 is 0 Å². The van der Waals surface area contributed by atoms with Crippen LogP contribution in [0.1, 0.15) is 55.8 Å². The lowest BCUT2D eigenvalue weighted by Gasteiger charge is -2.19. The molecule has 25 heavy (non-hydrogen) atoms. The molecule has 1 atom stereocenters. The first-order valence-electron chi connectivity index (χ1n) is 8.93. The molecule has 1 saturated carbocycles. The van der Waals surface area contributed by atoms with Gasteiger partial charge in [0.2, 0.25) is 10.0 Å². The predicted octanol–water partition coefficient (Wildman–Crippen LogP) is 2.77. The average molecular weight is 363 g/mol. The summed E-state index contributed by atoms with van der Waals surface area (Å²) in [5, 5.41) is 4.24. The zero-order chi connectivity index (χ0) is 17.9. The summed E-state index contributed by atoms with van der Waals surface area (Å²) in [6.45, 7) is 3.28. The topological polar surface area (TPSA) is 78.8 Å². The van der Waals surface area contributed by atoms with Gasteiger partial charge in [-0.3, -0.25) is 4.79 Å². The number of hydrogen-bond donors (Lipinski definition) is 1. The van der Waals surface area contributed by atoms with E-state index >= 15 is 0 Å². The molecule has 1 aromatic rings. The fraction of sp³-hybridized carbons (Fsp3) is 0.556. The highest BCUT2D eigenvalue weighted by atomic mass is 32.2. The van der Waals surface area contributed by atoms with E-state index in [0.29, 0.717) is 24.6 Å². The molecule has 0 spiro atoms. The van der Waals surface area contributed by atoms with Crippen molar-refractivity contribution < 1.29 is 13.2 Å². The Morgan fingerprint density at radius 3 is 2.72 bits per heavy atom. The van der Waals surface area contributed by atoms with E-state index in [1.165, 1.54) is 16.8 Å². The second-order valence-electron chi connectivity index (χ2n) is 6.96. The summed E-state index contributed by atoms with van der Waals surface area (Å²) in [6.07, 6.45) is 5.88. The molecule has 0 aromatic heterocycles. The van der Waals surface area contributed by atoms with Gasteiger partial charge in [-0.05, 0) is 62.6 Å². The number of amides is 1. The predicted molar refractivity (Wildman–Crippen MR) is 97.0 cm³/mol. The summed E-state index contributed by atoms with van der Waals surface area (Å²) < 4.78 is 26.7. The van der Waals surface area contributed by atoms with Crippen LogP contribution < -0.4 is 5.43 Å². The number of nitrogens with zero attached hydrogens (tertiary/aromatic N) is 2. The number of benzene rings is 1. The lowest BCUT2D eigenvalue weighted by Crippen LogP contribution is -2.28. The molecule has 1 aliphatic carbocycles. The van der Waals surface area contributed by atoms with E-state index in [1.54, 1.807) is 18.2 Å². The first-order chi connectivity index (χ1) is 12.0. The maximum Gasteiger partial charge on any atom is 0.271 e. The third-order valence-electron chi connectivity index (χ3n) is 4.86. The molecule has 1 N–H and O–H groups in total. The van der Waals surface area contributed by atoms with Crippen molar-refractivity contribution in [3.05, 3.63) is 29.8 Å². The molecular formula is C18H25N3O3S. The quantitative estimate of drug-likeness (QED) is 0.836. The maximum atomic E-state index is 12.6. The van der Waals surface area contributed by atoms with Gasteiger partial charge < -0.3 is 0 Å². The van der Waals surface area contributed by atoms with E-state index in [0.717, 1.165) is 37.8 Å². The Morgan fingerprint density at radius 1 is 1.24 bits per heavy atom. The van der Waals surface area contributed by atoms with Gasteiger partial charge in [0.25, 0.3) is 5.91 Å². The van der Waals surface area contributed by atoms with Crippen molar-refractivity contribution >= 4 is 21.6 Å². The summed E-state index contributed by atoms with van der Waals surface area (Å²) in [4.78, 5) is 12.5. The molecule has 1 amide bonds. The van der Waals surface area contributed by atoms with Crippen LogP contribution in [0.15, 0.2) is 34.3 Å². The molecule has 2 aliphatic rings. The zero-order valence-corrected chi connectivity index (χ0v) is 15.4. The molecule has 1 heterocycles. The Bertz CT molecular complexity index is 768. The van der Waals surface area contributed by atoms with E-state index in [9.17, 15) is 13.2 Å². The van der Waals surface area contributed by atoms with Crippen LogP contribution in [-0.2, 0) is 10.0 Å². The fourth-order valence-corrected chi connectivity index (χ4v) is 5.00. The fourth-order valence-electron chi connectivity index (χ4n) is 3.43. The molecule has 1 aromatic carbocycles. The molecular weight excluding hydrogens is 338 g/mol. The number of carbonyl (C=O) groups excluding carboxylic acids is 1. The minimum atomic E-state index is -3.52. The van der Waals surface area contributed by atoms with Crippen molar-refractivity contribution in [3.63, 3.8) is 0 Å². The van der Waals surface area contributed by atoms with E-state index in [1.807, 2.05) is 0 Å². The Morgan fingerprint density at radius 2 is 2.00 bits per heavy atom. The Labute approximate surface area is 149 Å². The molecule has 1 saturated heterocycles. The van der Waals surface area contributed by atoms with Gasteiger partial charge in [0, 0.05) is 24.4 Å². The van der Waals surface area contributed by atoms with E-state index < -0.39 is 10.0 Å². The van der Waals surface area contributed by atoms with Crippen LogP contribution in [0.25, 0.3) is 0 Å². The smallest absolute Gasteiger partial charge is 0.267 e. The highest BCUT2D eigenvalue weighted by Crippen LogP contribution is 2.22. The van der Waals surface area contributed by atoms with Gasteiger partial charge in [-0.25, -0.2) is 13.8 Å². The van der Waals surface area contributed by atoms with Crippen molar-refractivity contribution in [2.24, 2.45) is 11.0 Å². The van der Waals surface area contributed by atoms with Crippen molar-refractivity contribution in [2.45, 2.75) is 50.3 Å². The SMILES string of the molecule is CC1CCC/C(=N/NC(=O)c2cccc(S(=O)(=O)N3CCCC3)c2)C1. The number of sulfonamides is 1. The highest BCUT2D eigenvalue weighted by molar-refractivity contribution is 7.89. The van der Waals surface area contributed by atoms with Gasteiger partial charge in [0.05, 0.1) is 4.90 Å². The zero-order valence-electron chi connectivity index (χ0n) is 14.6. The summed E-state index contributed by atoms with van der Waals surface area (Å²) >= 11 is 0. The maximum absolute atomic E-state index is 12.6. The van der Waals surface area contributed by atoms with E-state index in [4.69, 9.17) is 0 Å². The molecule has 7 heteroatoms. The van der Waals surface area contributed by atoms with Crippen LogP contribution >= 0.6 is 0 Å². The Kier molecular flexibility index (Phi) is 5.54. The monoisotopic (exact) mass is 363 g/mol. The standard InChI is InChI=1S/C18H25N3O3S/c1-14-6-4-8-16(12-14)19-20-18(22)15-7-5-9-17(13-15)25(23,24)21-10-2-3-11-21/h5,7,9,13-14H,2-4,6,8,10-12H2,1H3,(H,20,22)/b19-16-. The minimum Gasteiger partial charge on any atom is -0.267 e. The van der Waals surface area contributed by atoms with Crippen molar-refractivity contribution in [3.8, 4) is 0 Å². The van der Waals surface area contributed by atoms with E-state index in [-0.39, 0.29) is 10.8 Å². The normalized spacial score (nSPS) is 23.7. The molecule has 136 valence electrons. The van der Waals surface area contributed by atoms with Gasteiger partial charge in [0.1, 0.15) is 0 Å². The first-order valence-corrected chi connectivity index (χ1v) is 10.4.